The highest BCUT2D eigenvalue weighted by atomic mass is 16.5. The molecule has 1 N–H and O–H groups in total. The Bertz CT molecular complexity index is 622. The van der Waals surface area contributed by atoms with Gasteiger partial charge in [0.25, 0.3) is 5.91 Å². The van der Waals surface area contributed by atoms with Crippen molar-refractivity contribution in [3.05, 3.63) is 36.2 Å². The minimum absolute atomic E-state index is 0.154. The number of amides is 1. The third-order valence-electron chi connectivity index (χ3n) is 3.07. The first-order valence-corrected chi connectivity index (χ1v) is 6.34. The van der Waals surface area contributed by atoms with Gasteiger partial charge in [-0.2, -0.15) is 4.98 Å². The van der Waals surface area contributed by atoms with Crippen molar-refractivity contribution in [2.45, 2.75) is 6.92 Å². The maximum atomic E-state index is 12.2. The average Bonchev–Trinajstić information content (AvgIpc) is 3.00. The molecular weight excluding hydrogens is 274 g/mol. The number of nitrogens with zero attached hydrogens (tertiary/aromatic N) is 3. The molecule has 1 aromatic heterocycles. The average molecular weight is 289 g/mol. The first kappa shape index (κ1) is 14.7. The van der Waals surface area contributed by atoms with Crippen LogP contribution >= 0.6 is 0 Å². The van der Waals surface area contributed by atoms with Crippen molar-refractivity contribution in [3.8, 4) is 11.4 Å². The van der Waals surface area contributed by atoms with E-state index in [1.807, 2.05) is 0 Å². The fraction of sp³-hybridized carbons (Fsp3) is 0.286. The van der Waals surface area contributed by atoms with Gasteiger partial charge in [-0.15, -0.1) is 0 Å². The maximum Gasteiger partial charge on any atom is 0.308 e. The Hall–Kier alpha value is -2.70. The molecule has 110 valence electrons. The Balaban J connectivity index is 2.07. The number of carboxylic acid groups (broad SMARTS) is 1. The first-order valence-electron chi connectivity index (χ1n) is 6.34. The molecule has 2 aromatic rings. The molecule has 1 atom stereocenters. The highest BCUT2D eigenvalue weighted by Crippen LogP contribution is 2.16. The Morgan fingerprint density at radius 1 is 1.33 bits per heavy atom. The minimum Gasteiger partial charge on any atom is -0.481 e. The van der Waals surface area contributed by atoms with Crippen LogP contribution in [-0.2, 0) is 4.79 Å². The number of carboxylic acids is 1. The van der Waals surface area contributed by atoms with Crippen LogP contribution < -0.4 is 0 Å². The van der Waals surface area contributed by atoms with Crippen LogP contribution in [0.15, 0.2) is 35.2 Å². The van der Waals surface area contributed by atoms with Crippen LogP contribution in [0.2, 0.25) is 0 Å². The zero-order valence-electron chi connectivity index (χ0n) is 11.7. The molecule has 1 unspecified atom stereocenters. The molecule has 0 radical (unpaired) electrons. The molecule has 1 heterocycles. The second-order valence-electron chi connectivity index (χ2n) is 4.76. The molecule has 1 aromatic carbocycles. The summed E-state index contributed by atoms with van der Waals surface area (Å²) in [7, 11) is 1.58. The van der Waals surface area contributed by atoms with Crippen LogP contribution in [0.3, 0.4) is 0 Å². The van der Waals surface area contributed by atoms with Crippen molar-refractivity contribution in [2.75, 3.05) is 13.6 Å². The zero-order valence-corrected chi connectivity index (χ0v) is 11.7. The first-order chi connectivity index (χ1) is 9.99. The lowest BCUT2D eigenvalue weighted by molar-refractivity contribution is -0.141. The summed E-state index contributed by atoms with van der Waals surface area (Å²) < 4.78 is 4.66. The van der Waals surface area contributed by atoms with Gasteiger partial charge in [-0.25, -0.2) is 0 Å². The Kier molecular flexibility index (Phi) is 4.32. The summed E-state index contributed by atoms with van der Waals surface area (Å²) in [6.45, 7) is 1.71. The summed E-state index contributed by atoms with van der Waals surface area (Å²) in [6, 6.07) is 6.73. The smallest absolute Gasteiger partial charge is 0.308 e. The third-order valence-corrected chi connectivity index (χ3v) is 3.07. The van der Waals surface area contributed by atoms with E-state index >= 15 is 0 Å². The predicted molar refractivity (Wildman–Crippen MR) is 73.5 cm³/mol. The summed E-state index contributed by atoms with van der Waals surface area (Å²) in [5.74, 6) is -1.33. The predicted octanol–water partition coefficient (Wildman–Crippen LogP) is 1.53. The van der Waals surface area contributed by atoms with Crippen LogP contribution in [0, 0.1) is 5.92 Å². The van der Waals surface area contributed by atoms with Gasteiger partial charge in [0.1, 0.15) is 0 Å². The summed E-state index contributed by atoms with van der Waals surface area (Å²) in [4.78, 5) is 28.3. The number of carbonyl (C=O) groups is 2. The normalized spacial score (nSPS) is 11.9. The Labute approximate surface area is 121 Å². The number of hydrogen-bond donors (Lipinski definition) is 1. The lowest BCUT2D eigenvalue weighted by atomic mass is 10.1. The summed E-state index contributed by atoms with van der Waals surface area (Å²) in [5.41, 5.74) is 1.21. The van der Waals surface area contributed by atoms with Crippen molar-refractivity contribution >= 4 is 11.9 Å². The lowest BCUT2D eigenvalue weighted by Crippen LogP contribution is -2.33. The summed E-state index contributed by atoms with van der Waals surface area (Å²) in [6.07, 6.45) is 1.23. The van der Waals surface area contributed by atoms with Crippen molar-refractivity contribution in [3.63, 3.8) is 0 Å². The van der Waals surface area contributed by atoms with Gasteiger partial charge in [0.05, 0.1) is 5.92 Å². The monoisotopic (exact) mass is 289 g/mol. The van der Waals surface area contributed by atoms with E-state index in [1.165, 1.54) is 11.3 Å². The molecule has 0 spiro atoms. The minimum atomic E-state index is -0.929. The maximum absolute atomic E-state index is 12.2. The Morgan fingerprint density at radius 3 is 2.52 bits per heavy atom. The molecule has 21 heavy (non-hydrogen) atoms. The van der Waals surface area contributed by atoms with E-state index in [2.05, 4.69) is 14.7 Å². The molecule has 0 aliphatic heterocycles. The van der Waals surface area contributed by atoms with E-state index in [0.717, 1.165) is 5.56 Å². The van der Waals surface area contributed by atoms with Gasteiger partial charge >= 0.3 is 5.97 Å². The van der Waals surface area contributed by atoms with E-state index in [9.17, 15) is 9.59 Å². The van der Waals surface area contributed by atoms with Gasteiger partial charge in [0.15, 0.2) is 0 Å². The van der Waals surface area contributed by atoms with E-state index in [0.29, 0.717) is 11.4 Å². The van der Waals surface area contributed by atoms with Crippen LogP contribution in [0.4, 0.5) is 0 Å². The van der Waals surface area contributed by atoms with Gasteiger partial charge in [-0.1, -0.05) is 24.2 Å². The molecule has 0 saturated carbocycles. The van der Waals surface area contributed by atoms with E-state index in [4.69, 9.17) is 5.11 Å². The SMILES string of the molecule is CC(CN(C)C(=O)c1ccc(-c2ncon2)cc1)C(=O)O. The largest absolute Gasteiger partial charge is 0.481 e. The number of benzene rings is 1. The van der Waals surface area contributed by atoms with Gasteiger partial charge < -0.3 is 14.5 Å². The molecule has 2 rings (SSSR count). The highest BCUT2D eigenvalue weighted by molar-refractivity contribution is 5.94. The molecule has 0 aliphatic rings. The summed E-state index contributed by atoms with van der Waals surface area (Å²) >= 11 is 0. The second-order valence-corrected chi connectivity index (χ2v) is 4.76. The molecule has 1 amide bonds. The van der Waals surface area contributed by atoms with E-state index in [-0.39, 0.29) is 12.5 Å². The van der Waals surface area contributed by atoms with Gasteiger partial charge in [0.2, 0.25) is 12.2 Å². The number of rotatable bonds is 5. The van der Waals surface area contributed by atoms with Crippen LogP contribution in [0.25, 0.3) is 11.4 Å². The number of carbonyl (C=O) groups excluding carboxylic acids is 1. The van der Waals surface area contributed by atoms with Crippen molar-refractivity contribution in [1.82, 2.24) is 15.0 Å². The fourth-order valence-electron chi connectivity index (χ4n) is 1.85. The molecule has 0 bridgehead atoms. The number of aromatic nitrogens is 2. The molecule has 0 aliphatic carbocycles. The molecular formula is C14H15N3O4. The van der Waals surface area contributed by atoms with Gasteiger partial charge in [-0.05, 0) is 12.1 Å². The number of aliphatic carboxylic acids is 1. The molecule has 7 nitrogen and oxygen atoms in total. The highest BCUT2D eigenvalue weighted by Gasteiger charge is 2.18. The van der Waals surface area contributed by atoms with Gasteiger partial charge in [-0.3, -0.25) is 9.59 Å². The summed E-state index contributed by atoms with van der Waals surface area (Å²) in [5, 5.41) is 12.6. The standard InChI is InChI=1S/C14H15N3O4/c1-9(14(19)20)7-17(2)13(18)11-5-3-10(4-6-11)12-15-8-21-16-12/h3-6,8-9H,7H2,1-2H3,(H,19,20). The topological polar surface area (TPSA) is 96.5 Å². The van der Waals surface area contributed by atoms with Crippen LogP contribution in [0.5, 0.6) is 0 Å². The molecule has 0 fully saturated rings. The van der Waals surface area contributed by atoms with Crippen LogP contribution in [-0.4, -0.2) is 45.6 Å². The lowest BCUT2D eigenvalue weighted by Gasteiger charge is -2.19. The van der Waals surface area contributed by atoms with Crippen molar-refractivity contribution in [1.29, 1.82) is 0 Å². The van der Waals surface area contributed by atoms with Gasteiger partial charge in [0, 0.05) is 24.7 Å². The molecule has 0 saturated heterocycles. The van der Waals surface area contributed by atoms with E-state index in [1.54, 1.807) is 38.2 Å². The molecule has 7 heteroatoms. The quantitative estimate of drug-likeness (QED) is 0.896. The van der Waals surface area contributed by atoms with E-state index < -0.39 is 11.9 Å². The zero-order chi connectivity index (χ0) is 15.4. The third kappa shape index (κ3) is 3.44. The number of hydrogen-bond acceptors (Lipinski definition) is 5. The van der Waals surface area contributed by atoms with Crippen molar-refractivity contribution in [2.24, 2.45) is 5.92 Å². The Morgan fingerprint density at radius 2 is 2.00 bits per heavy atom. The van der Waals surface area contributed by atoms with Crippen molar-refractivity contribution < 1.29 is 19.2 Å². The second kappa shape index (κ2) is 6.17. The fourth-order valence-corrected chi connectivity index (χ4v) is 1.85. The van der Waals surface area contributed by atoms with Crippen LogP contribution in [0.1, 0.15) is 17.3 Å².